The normalized spacial score (nSPS) is 11.4. The zero-order valence-corrected chi connectivity index (χ0v) is 19.6. The Balaban J connectivity index is 1.84. The molecule has 172 valence electrons. The van der Waals surface area contributed by atoms with Crippen molar-refractivity contribution in [1.29, 1.82) is 0 Å². The van der Waals surface area contributed by atoms with Crippen LogP contribution < -0.4 is 11.1 Å². The number of aromatic nitrogens is 3. The summed E-state index contributed by atoms with van der Waals surface area (Å²) < 4.78 is 2.21. The van der Waals surface area contributed by atoms with E-state index in [1.165, 1.54) is 0 Å². The minimum atomic E-state index is -0.281. The number of halogens is 1. The third-order valence-electron chi connectivity index (χ3n) is 5.82. The number of nitrogen functional groups attached to an aromatic ring is 1. The summed E-state index contributed by atoms with van der Waals surface area (Å²) in [4.78, 5) is 21.1. The molecule has 1 amide bonds. The molecule has 7 nitrogen and oxygen atoms in total. The fourth-order valence-electron chi connectivity index (χ4n) is 4.18. The minimum absolute atomic E-state index is 0.121. The highest BCUT2D eigenvalue weighted by Crippen LogP contribution is 2.31. The van der Waals surface area contributed by atoms with Gasteiger partial charge in [0, 0.05) is 30.5 Å². The van der Waals surface area contributed by atoms with Gasteiger partial charge in [0.1, 0.15) is 23.0 Å². The summed E-state index contributed by atoms with van der Waals surface area (Å²) >= 11 is 5.59. The van der Waals surface area contributed by atoms with Gasteiger partial charge in [-0.25, -0.2) is 9.97 Å². The van der Waals surface area contributed by atoms with E-state index in [1.807, 2.05) is 43.3 Å². The minimum Gasteiger partial charge on any atom is -0.507 e. The average molecular weight is 466 g/mol. The largest absolute Gasteiger partial charge is 0.507 e. The number of rotatable bonds is 8. The van der Waals surface area contributed by atoms with Gasteiger partial charge in [-0.3, -0.25) is 4.79 Å². The number of para-hydroxylation sites is 1. The van der Waals surface area contributed by atoms with Crippen molar-refractivity contribution in [2.24, 2.45) is 0 Å². The van der Waals surface area contributed by atoms with Crippen molar-refractivity contribution in [2.75, 3.05) is 11.6 Å². The van der Waals surface area contributed by atoms with Crippen molar-refractivity contribution in [1.82, 2.24) is 19.9 Å². The number of fused-ring (bicyclic) bond motifs is 3. The number of hydrogen-bond donors (Lipinski definition) is 3. The summed E-state index contributed by atoms with van der Waals surface area (Å²) in [5.41, 5.74) is 11.2. The van der Waals surface area contributed by atoms with Crippen molar-refractivity contribution in [3.05, 3.63) is 58.9 Å². The maximum atomic E-state index is 11.6. The fourth-order valence-corrected chi connectivity index (χ4v) is 4.28. The molecule has 0 atom stereocenters. The van der Waals surface area contributed by atoms with Crippen LogP contribution in [0.5, 0.6) is 5.75 Å². The molecule has 0 aliphatic carbocycles. The first-order valence-electron chi connectivity index (χ1n) is 11.1. The molecule has 2 aromatic heterocycles. The van der Waals surface area contributed by atoms with Crippen LogP contribution in [0.2, 0.25) is 0 Å². The Kier molecular flexibility index (Phi) is 6.70. The summed E-state index contributed by atoms with van der Waals surface area (Å²) in [5.74, 6) is 1.15. The molecule has 0 spiro atoms. The molecule has 8 heteroatoms. The van der Waals surface area contributed by atoms with E-state index in [2.05, 4.69) is 21.8 Å². The Morgan fingerprint density at radius 3 is 2.79 bits per heavy atom. The second-order valence-corrected chi connectivity index (χ2v) is 8.53. The molecule has 2 aromatic carbocycles. The van der Waals surface area contributed by atoms with Gasteiger partial charge >= 0.3 is 0 Å². The first kappa shape index (κ1) is 22.9. The highest BCUT2D eigenvalue weighted by Gasteiger charge is 2.18. The summed E-state index contributed by atoms with van der Waals surface area (Å²) in [6.07, 6.45) is 2.90. The average Bonchev–Trinajstić information content (AvgIpc) is 3.17. The molecular formula is C25H28ClN5O2. The van der Waals surface area contributed by atoms with E-state index < -0.39 is 0 Å². The van der Waals surface area contributed by atoms with Gasteiger partial charge in [0.05, 0.1) is 11.0 Å². The lowest BCUT2D eigenvalue weighted by Gasteiger charge is -2.15. The number of unbranched alkanes of at least 4 members (excludes halogenated alkanes) is 1. The van der Waals surface area contributed by atoms with Crippen LogP contribution in [0.25, 0.3) is 21.9 Å². The first-order valence-corrected chi connectivity index (χ1v) is 11.6. The number of nitrogens with two attached hydrogens (primary N) is 1. The number of alkyl halides is 1. The molecule has 0 unspecified atom stereocenters. The van der Waals surface area contributed by atoms with Gasteiger partial charge < -0.3 is 20.7 Å². The molecule has 33 heavy (non-hydrogen) atoms. The van der Waals surface area contributed by atoms with E-state index >= 15 is 0 Å². The number of imidazole rings is 1. The van der Waals surface area contributed by atoms with E-state index in [9.17, 15) is 9.90 Å². The van der Waals surface area contributed by atoms with Gasteiger partial charge in [0.2, 0.25) is 5.91 Å². The summed E-state index contributed by atoms with van der Waals surface area (Å²) in [7, 11) is 0. The molecule has 4 rings (SSSR count). The number of carbonyl (C=O) groups is 1. The lowest BCUT2D eigenvalue weighted by Crippen LogP contribution is -2.23. The second kappa shape index (κ2) is 9.67. The Morgan fingerprint density at radius 1 is 1.24 bits per heavy atom. The van der Waals surface area contributed by atoms with Crippen molar-refractivity contribution in [2.45, 2.75) is 46.2 Å². The van der Waals surface area contributed by atoms with Gasteiger partial charge in [-0.2, -0.15) is 0 Å². The SMILES string of the molecule is CCCCc1nc2c(N)nc3ccccc3c2n1Cc1cc(C)c(O)c(CNC(=O)CCl)c1. The number of anilines is 1. The number of nitrogens with zero attached hydrogens (tertiary/aromatic N) is 3. The van der Waals surface area contributed by atoms with Gasteiger partial charge in [-0.15, -0.1) is 11.6 Å². The van der Waals surface area contributed by atoms with Gasteiger partial charge in [-0.1, -0.05) is 37.6 Å². The van der Waals surface area contributed by atoms with Crippen molar-refractivity contribution < 1.29 is 9.90 Å². The first-order chi connectivity index (χ1) is 15.9. The quantitative estimate of drug-likeness (QED) is 0.334. The molecule has 0 aliphatic heterocycles. The molecule has 0 bridgehead atoms. The maximum Gasteiger partial charge on any atom is 0.235 e. The van der Waals surface area contributed by atoms with Crippen molar-refractivity contribution >= 4 is 45.3 Å². The van der Waals surface area contributed by atoms with Crippen LogP contribution in [0.15, 0.2) is 36.4 Å². The number of pyridine rings is 1. The van der Waals surface area contributed by atoms with E-state index in [1.54, 1.807) is 0 Å². The number of aromatic hydroxyl groups is 1. The smallest absolute Gasteiger partial charge is 0.235 e. The number of hydrogen-bond acceptors (Lipinski definition) is 5. The lowest BCUT2D eigenvalue weighted by molar-refractivity contribution is -0.118. The van der Waals surface area contributed by atoms with Crippen LogP contribution in [-0.4, -0.2) is 31.4 Å². The third-order valence-corrected chi connectivity index (χ3v) is 6.06. The van der Waals surface area contributed by atoms with Gasteiger partial charge in [0.25, 0.3) is 0 Å². The predicted octanol–water partition coefficient (Wildman–Crippen LogP) is 4.43. The summed E-state index contributed by atoms with van der Waals surface area (Å²) in [6.45, 7) is 4.77. The van der Waals surface area contributed by atoms with Crippen LogP contribution in [0.3, 0.4) is 0 Å². The standard InChI is InChI=1S/C25H28ClN5O2/c1-3-4-9-20-30-22-23(18-7-5-6-8-19(18)29-25(22)27)31(20)14-16-10-15(2)24(33)17(11-16)13-28-21(32)12-26/h5-8,10-11,33H,3-4,9,12-14H2,1-2H3,(H2,27,29)(H,28,32). The molecule has 4 N–H and O–H groups in total. The molecule has 0 radical (unpaired) electrons. The topological polar surface area (TPSA) is 106 Å². The predicted molar refractivity (Wildman–Crippen MR) is 133 cm³/mol. The zero-order chi connectivity index (χ0) is 23.5. The van der Waals surface area contributed by atoms with Crippen molar-refractivity contribution in [3.8, 4) is 5.75 Å². The molecule has 0 aliphatic rings. The molecule has 0 fully saturated rings. The molecule has 0 saturated carbocycles. The highest BCUT2D eigenvalue weighted by atomic mass is 35.5. The lowest BCUT2D eigenvalue weighted by atomic mass is 10.0. The number of carbonyl (C=O) groups excluding carboxylic acids is 1. The molecule has 0 saturated heterocycles. The number of benzene rings is 2. The second-order valence-electron chi connectivity index (χ2n) is 8.26. The van der Waals surface area contributed by atoms with E-state index in [-0.39, 0.29) is 24.1 Å². The van der Waals surface area contributed by atoms with Gasteiger partial charge in [0.15, 0.2) is 5.82 Å². The maximum absolute atomic E-state index is 11.6. The molecular weight excluding hydrogens is 438 g/mol. The Morgan fingerprint density at radius 2 is 2.03 bits per heavy atom. The van der Waals surface area contributed by atoms with E-state index in [0.29, 0.717) is 23.4 Å². The summed E-state index contributed by atoms with van der Waals surface area (Å²) in [6, 6.07) is 11.8. The van der Waals surface area contributed by atoms with Crippen LogP contribution in [-0.2, 0) is 24.3 Å². The highest BCUT2D eigenvalue weighted by molar-refractivity contribution is 6.27. The van der Waals surface area contributed by atoms with Crippen molar-refractivity contribution in [3.63, 3.8) is 0 Å². The third kappa shape index (κ3) is 4.59. The van der Waals surface area contributed by atoms with E-state index in [0.717, 1.165) is 52.6 Å². The monoisotopic (exact) mass is 465 g/mol. The number of aryl methyl sites for hydroxylation is 2. The van der Waals surface area contributed by atoms with E-state index in [4.69, 9.17) is 22.3 Å². The Bertz CT molecular complexity index is 1330. The fraction of sp³-hybridized carbons (Fsp3) is 0.320. The van der Waals surface area contributed by atoms with Gasteiger partial charge in [-0.05, 0) is 36.6 Å². The number of phenolic OH excluding ortho intramolecular Hbond substituents is 1. The number of nitrogens with one attached hydrogen (secondary N) is 1. The number of phenols is 1. The number of amides is 1. The van der Waals surface area contributed by atoms with Crippen LogP contribution in [0, 0.1) is 6.92 Å². The summed E-state index contributed by atoms with van der Waals surface area (Å²) in [5, 5.41) is 14.3. The van der Waals surface area contributed by atoms with Crippen LogP contribution >= 0.6 is 11.6 Å². The van der Waals surface area contributed by atoms with Crippen LogP contribution in [0.4, 0.5) is 5.82 Å². The Labute approximate surface area is 197 Å². The molecule has 2 heterocycles. The zero-order valence-electron chi connectivity index (χ0n) is 18.9. The Hall–Kier alpha value is -3.32. The van der Waals surface area contributed by atoms with Crippen LogP contribution in [0.1, 0.15) is 42.3 Å². The molecule has 4 aromatic rings.